The molecule has 0 radical (unpaired) electrons. The average Bonchev–Trinajstić information content (AvgIpc) is 2.76. The molecule has 0 aliphatic carbocycles. The monoisotopic (exact) mass is 457 g/mol. The van der Waals surface area contributed by atoms with Crippen LogP contribution in [0.4, 0.5) is 4.79 Å². The molecular weight excluding hydrogens is 430 g/mol. The van der Waals surface area contributed by atoms with Gasteiger partial charge in [0, 0.05) is 6.42 Å². The number of hydrogen-bond acceptors (Lipinski definition) is 7. The lowest BCUT2D eigenvalue weighted by Gasteiger charge is -2.23. The van der Waals surface area contributed by atoms with E-state index >= 15 is 0 Å². The summed E-state index contributed by atoms with van der Waals surface area (Å²) in [6, 6.07) is 13.1. The molecule has 0 bridgehead atoms. The number of carbonyl (C=O) groups is 4. The maximum atomic E-state index is 12.7. The Bertz CT molecular complexity index is 970. The molecule has 33 heavy (non-hydrogen) atoms. The summed E-state index contributed by atoms with van der Waals surface area (Å²) in [6.45, 7) is 4.55. The predicted molar refractivity (Wildman–Crippen MR) is 118 cm³/mol. The number of rotatable bonds is 7. The Labute approximate surface area is 191 Å². The summed E-state index contributed by atoms with van der Waals surface area (Å²) in [5.74, 6) is -2.12. The molecule has 2 rings (SSSR count). The lowest BCUT2D eigenvalue weighted by molar-refractivity contribution is -0.132. The van der Waals surface area contributed by atoms with Crippen molar-refractivity contribution in [3.63, 3.8) is 0 Å². The Morgan fingerprint density at radius 1 is 0.970 bits per heavy atom. The first-order chi connectivity index (χ1) is 15.5. The van der Waals surface area contributed by atoms with E-state index in [1.165, 1.54) is 24.3 Å². The van der Waals surface area contributed by atoms with Crippen molar-refractivity contribution in [1.29, 1.82) is 0 Å². The number of phenols is 1. The number of aromatic hydroxyl groups is 1. The fourth-order valence-corrected chi connectivity index (χ4v) is 2.59. The van der Waals surface area contributed by atoms with E-state index in [9.17, 15) is 24.3 Å². The number of alkyl carbamates (subject to hydrolysis) is 1. The van der Waals surface area contributed by atoms with Crippen molar-refractivity contribution >= 4 is 23.9 Å². The van der Waals surface area contributed by atoms with Gasteiger partial charge in [-0.25, -0.2) is 9.59 Å². The maximum absolute atomic E-state index is 12.7. The third kappa shape index (κ3) is 9.30. The van der Waals surface area contributed by atoms with E-state index in [1.54, 1.807) is 51.1 Å². The van der Waals surface area contributed by atoms with Crippen molar-refractivity contribution < 1.29 is 33.9 Å². The summed E-state index contributed by atoms with van der Waals surface area (Å²) in [6.07, 6.45) is -0.724. The van der Waals surface area contributed by atoms with Gasteiger partial charge in [0.1, 0.15) is 17.4 Å². The van der Waals surface area contributed by atoms with E-state index in [0.29, 0.717) is 5.56 Å². The predicted octanol–water partition coefficient (Wildman–Crippen LogP) is 1.83. The van der Waals surface area contributed by atoms with Crippen molar-refractivity contribution in [2.75, 3.05) is 6.54 Å². The zero-order chi connectivity index (χ0) is 24.4. The molecule has 10 nitrogen and oxygen atoms in total. The van der Waals surface area contributed by atoms with Gasteiger partial charge >= 0.3 is 12.1 Å². The number of hydrogen-bond donors (Lipinski definition) is 4. The molecule has 0 aliphatic rings. The van der Waals surface area contributed by atoms with Crippen LogP contribution in [0.5, 0.6) is 5.75 Å². The number of carbonyl (C=O) groups excluding carboxylic acids is 4. The number of amides is 3. The van der Waals surface area contributed by atoms with Crippen molar-refractivity contribution in [2.45, 2.75) is 38.8 Å². The van der Waals surface area contributed by atoms with Crippen molar-refractivity contribution in [1.82, 2.24) is 16.1 Å². The van der Waals surface area contributed by atoms with Gasteiger partial charge in [-0.05, 0) is 50.6 Å². The molecule has 0 unspecified atom stereocenters. The Kier molecular flexibility index (Phi) is 8.79. The van der Waals surface area contributed by atoms with Gasteiger partial charge in [-0.3, -0.25) is 9.59 Å². The highest BCUT2D eigenvalue weighted by Crippen LogP contribution is 2.12. The second-order valence-corrected chi connectivity index (χ2v) is 8.07. The van der Waals surface area contributed by atoms with E-state index in [4.69, 9.17) is 9.57 Å². The molecule has 0 aliphatic heterocycles. The van der Waals surface area contributed by atoms with Gasteiger partial charge in [0.15, 0.2) is 0 Å². The summed E-state index contributed by atoms with van der Waals surface area (Å²) in [5.41, 5.74) is 2.09. The van der Waals surface area contributed by atoms with E-state index in [1.807, 2.05) is 5.48 Å². The summed E-state index contributed by atoms with van der Waals surface area (Å²) in [4.78, 5) is 53.4. The minimum absolute atomic E-state index is 0.0570. The molecule has 4 N–H and O–H groups in total. The first kappa shape index (κ1) is 25.2. The zero-order valence-corrected chi connectivity index (χ0v) is 18.6. The topological polar surface area (TPSA) is 143 Å². The molecule has 0 spiro atoms. The van der Waals surface area contributed by atoms with Crippen LogP contribution >= 0.6 is 0 Å². The van der Waals surface area contributed by atoms with E-state index in [2.05, 4.69) is 10.6 Å². The van der Waals surface area contributed by atoms with E-state index in [0.717, 1.165) is 0 Å². The Morgan fingerprint density at radius 2 is 1.61 bits per heavy atom. The third-order valence-electron chi connectivity index (χ3n) is 4.07. The number of nitrogens with one attached hydrogen (secondary N) is 3. The lowest BCUT2D eigenvalue weighted by atomic mass is 10.1. The Balaban J connectivity index is 1.93. The zero-order valence-electron chi connectivity index (χ0n) is 18.6. The molecular formula is C23H27N3O7. The van der Waals surface area contributed by atoms with E-state index in [-0.39, 0.29) is 17.7 Å². The molecule has 1 atom stereocenters. The fourth-order valence-electron chi connectivity index (χ4n) is 2.59. The Hall–Kier alpha value is -4.08. The summed E-state index contributed by atoms with van der Waals surface area (Å²) in [5, 5.41) is 14.3. The van der Waals surface area contributed by atoms with Crippen LogP contribution in [-0.4, -0.2) is 47.2 Å². The molecule has 10 heteroatoms. The largest absolute Gasteiger partial charge is 0.508 e. The standard InChI is InChI=1S/C23H27N3O7/c1-23(2,3)32-22(31)25-18(13-15-9-11-17(27)12-10-15)20(29)24-14-19(28)26-33-21(30)16-7-5-4-6-8-16/h4-12,18,27H,13-14H2,1-3H3,(H,24,29)(H,25,31)(H,26,28)/t18-/m0/s1. The van der Waals surface area contributed by atoms with Crippen LogP contribution < -0.4 is 16.1 Å². The van der Waals surface area contributed by atoms with Gasteiger partial charge in [0.05, 0.1) is 12.1 Å². The molecule has 3 amide bonds. The second-order valence-electron chi connectivity index (χ2n) is 8.07. The summed E-state index contributed by atoms with van der Waals surface area (Å²) < 4.78 is 5.20. The number of phenolic OH excluding ortho intramolecular Hbond substituents is 1. The van der Waals surface area contributed by atoms with Crippen LogP contribution in [0.15, 0.2) is 54.6 Å². The van der Waals surface area contributed by atoms with Crippen LogP contribution in [0.2, 0.25) is 0 Å². The first-order valence-electron chi connectivity index (χ1n) is 10.1. The minimum Gasteiger partial charge on any atom is -0.508 e. The highest BCUT2D eigenvalue weighted by molar-refractivity contribution is 5.92. The highest BCUT2D eigenvalue weighted by atomic mass is 16.7. The molecule has 176 valence electrons. The first-order valence-corrected chi connectivity index (χ1v) is 10.1. The van der Waals surface area contributed by atoms with Gasteiger partial charge in [-0.2, -0.15) is 5.48 Å². The molecule has 0 aromatic heterocycles. The maximum Gasteiger partial charge on any atom is 0.408 e. The van der Waals surface area contributed by atoms with Crippen molar-refractivity contribution in [2.24, 2.45) is 0 Å². The molecule has 2 aromatic carbocycles. The third-order valence-corrected chi connectivity index (χ3v) is 4.07. The quantitative estimate of drug-likeness (QED) is 0.465. The van der Waals surface area contributed by atoms with Crippen LogP contribution in [0.25, 0.3) is 0 Å². The van der Waals surface area contributed by atoms with Crippen LogP contribution in [-0.2, 0) is 25.6 Å². The van der Waals surface area contributed by atoms with Crippen LogP contribution in [0, 0.1) is 0 Å². The number of benzene rings is 2. The van der Waals surface area contributed by atoms with E-state index < -0.39 is 42.1 Å². The molecule has 0 saturated heterocycles. The smallest absolute Gasteiger partial charge is 0.408 e. The Morgan fingerprint density at radius 3 is 2.21 bits per heavy atom. The minimum atomic E-state index is -1.07. The summed E-state index contributed by atoms with van der Waals surface area (Å²) >= 11 is 0. The molecule has 0 heterocycles. The molecule has 0 saturated carbocycles. The SMILES string of the molecule is CC(C)(C)OC(=O)N[C@@H](Cc1ccc(O)cc1)C(=O)NCC(=O)NOC(=O)c1ccccc1. The van der Waals surface area contributed by atoms with Gasteiger partial charge in [-0.1, -0.05) is 30.3 Å². The van der Waals surface area contributed by atoms with Gasteiger partial charge in [-0.15, -0.1) is 0 Å². The van der Waals surface area contributed by atoms with Crippen LogP contribution in [0.3, 0.4) is 0 Å². The van der Waals surface area contributed by atoms with Gasteiger partial charge < -0.3 is 25.3 Å². The molecule has 2 aromatic rings. The lowest BCUT2D eigenvalue weighted by Crippen LogP contribution is -2.51. The normalized spacial score (nSPS) is 11.6. The fraction of sp³-hybridized carbons (Fsp3) is 0.304. The second kappa shape index (κ2) is 11.5. The highest BCUT2D eigenvalue weighted by Gasteiger charge is 2.25. The van der Waals surface area contributed by atoms with Gasteiger partial charge in [0.2, 0.25) is 5.91 Å². The van der Waals surface area contributed by atoms with Crippen molar-refractivity contribution in [3.05, 3.63) is 65.7 Å². The van der Waals surface area contributed by atoms with Crippen LogP contribution in [0.1, 0.15) is 36.7 Å². The van der Waals surface area contributed by atoms with Gasteiger partial charge in [0.25, 0.3) is 5.91 Å². The number of ether oxygens (including phenoxy) is 1. The van der Waals surface area contributed by atoms with Crippen molar-refractivity contribution in [3.8, 4) is 5.75 Å². The summed E-state index contributed by atoms with van der Waals surface area (Å²) in [7, 11) is 0. The average molecular weight is 457 g/mol. The number of hydroxylamine groups is 1. The molecule has 0 fully saturated rings.